The lowest BCUT2D eigenvalue weighted by Gasteiger charge is -2.20. The van der Waals surface area contributed by atoms with Crippen LogP contribution in [0.15, 0.2) is 59.9 Å². The van der Waals surface area contributed by atoms with Crippen LogP contribution in [0, 0.1) is 11.3 Å². The van der Waals surface area contributed by atoms with Crippen molar-refractivity contribution in [1.29, 1.82) is 5.26 Å². The van der Waals surface area contributed by atoms with E-state index in [0.29, 0.717) is 17.1 Å². The van der Waals surface area contributed by atoms with Gasteiger partial charge in [-0.15, -0.1) is 0 Å². The molecular weight excluding hydrogens is 344 g/mol. The Balaban J connectivity index is 1.80. The van der Waals surface area contributed by atoms with Gasteiger partial charge in [0, 0.05) is 19.7 Å². The van der Waals surface area contributed by atoms with Crippen LogP contribution in [0.4, 0.5) is 11.4 Å². The number of ether oxygens (including phenoxy) is 1. The molecule has 0 radical (unpaired) electrons. The molecule has 27 heavy (non-hydrogen) atoms. The van der Waals surface area contributed by atoms with Crippen LogP contribution in [-0.2, 0) is 4.79 Å². The highest BCUT2D eigenvalue weighted by Crippen LogP contribution is 2.40. The minimum absolute atomic E-state index is 0.0185. The highest BCUT2D eigenvalue weighted by molar-refractivity contribution is 6.03. The SMILES string of the molecule is CN1C(=C(C#N)C(=O)COc2ccc(C(N)=O)cc2)N(C)c2ccccc21. The number of benzene rings is 2. The molecule has 0 bridgehead atoms. The first-order valence-corrected chi connectivity index (χ1v) is 8.20. The Kier molecular flexibility index (Phi) is 4.81. The minimum atomic E-state index is -0.541. The first-order chi connectivity index (χ1) is 12.9. The number of fused-ring (bicyclic) bond motifs is 1. The Morgan fingerprint density at radius 2 is 1.59 bits per heavy atom. The number of carbonyl (C=O) groups excluding carboxylic acids is 2. The molecule has 0 saturated heterocycles. The van der Waals surface area contributed by atoms with Crippen LogP contribution < -0.4 is 20.3 Å². The smallest absolute Gasteiger partial charge is 0.248 e. The maximum absolute atomic E-state index is 12.6. The van der Waals surface area contributed by atoms with Crippen molar-refractivity contribution in [2.75, 3.05) is 30.5 Å². The fourth-order valence-electron chi connectivity index (χ4n) is 2.99. The van der Waals surface area contributed by atoms with Gasteiger partial charge in [-0.25, -0.2) is 0 Å². The zero-order valence-electron chi connectivity index (χ0n) is 15.0. The number of ketones is 1. The lowest BCUT2D eigenvalue weighted by atomic mass is 10.2. The van der Waals surface area contributed by atoms with E-state index in [2.05, 4.69) is 0 Å². The van der Waals surface area contributed by atoms with Gasteiger partial charge in [0.1, 0.15) is 23.2 Å². The Morgan fingerprint density at radius 1 is 1.04 bits per heavy atom. The number of nitriles is 1. The van der Waals surface area contributed by atoms with E-state index in [4.69, 9.17) is 10.5 Å². The van der Waals surface area contributed by atoms with E-state index in [1.807, 2.05) is 54.2 Å². The molecule has 0 aromatic heterocycles. The number of rotatable bonds is 5. The molecule has 2 aromatic rings. The molecule has 0 atom stereocenters. The van der Waals surface area contributed by atoms with Crippen molar-refractivity contribution >= 4 is 23.1 Å². The average molecular weight is 362 g/mol. The van der Waals surface area contributed by atoms with Crippen molar-refractivity contribution in [1.82, 2.24) is 0 Å². The molecule has 0 unspecified atom stereocenters. The normalized spacial score (nSPS) is 12.4. The second-order valence-electron chi connectivity index (χ2n) is 6.02. The van der Waals surface area contributed by atoms with E-state index < -0.39 is 11.7 Å². The summed E-state index contributed by atoms with van der Waals surface area (Å²) in [6.07, 6.45) is 0. The molecule has 1 aliphatic rings. The number of nitrogens with two attached hydrogens (primary N) is 1. The van der Waals surface area contributed by atoms with Gasteiger partial charge in [-0.2, -0.15) is 5.26 Å². The quantitative estimate of drug-likeness (QED) is 0.645. The number of nitrogens with zero attached hydrogens (tertiary/aromatic N) is 3. The molecule has 1 aliphatic heterocycles. The molecule has 0 spiro atoms. The van der Waals surface area contributed by atoms with Crippen LogP contribution in [0.25, 0.3) is 0 Å². The zero-order chi connectivity index (χ0) is 19.6. The lowest BCUT2D eigenvalue weighted by Crippen LogP contribution is -2.27. The Morgan fingerprint density at radius 3 is 2.07 bits per heavy atom. The summed E-state index contributed by atoms with van der Waals surface area (Å²) in [6.45, 7) is -0.291. The second kappa shape index (κ2) is 7.22. The Hall–Kier alpha value is -3.79. The summed E-state index contributed by atoms with van der Waals surface area (Å²) >= 11 is 0. The summed E-state index contributed by atoms with van der Waals surface area (Å²) in [7, 11) is 3.62. The van der Waals surface area contributed by atoms with Crippen molar-refractivity contribution in [3.8, 4) is 11.8 Å². The predicted octanol–water partition coefficient (Wildman–Crippen LogP) is 2.05. The van der Waals surface area contributed by atoms with Gasteiger partial charge in [0.15, 0.2) is 6.61 Å². The highest BCUT2D eigenvalue weighted by Gasteiger charge is 2.31. The molecular formula is C20H18N4O3. The van der Waals surface area contributed by atoms with Crippen molar-refractivity contribution in [3.05, 3.63) is 65.5 Å². The van der Waals surface area contributed by atoms with Crippen LogP contribution >= 0.6 is 0 Å². The van der Waals surface area contributed by atoms with Gasteiger partial charge in [-0.05, 0) is 36.4 Å². The average Bonchev–Trinajstić information content (AvgIpc) is 2.93. The minimum Gasteiger partial charge on any atom is -0.485 e. The predicted molar refractivity (Wildman–Crippen MR) is 101 cm³/mol. The van der Waals surface area contributed by atoms with E-state index in [-0.39, 0.29) is 12.2 Å². The van der Waals surface area contributed by atoms with Crippen LogP contribution in [0.3, 0.4) is 0 Å². The van der Waals surface area contributed by atoms with Crippen molar-refractivity contribution in [3.63, 3.8) is 0 Å². The van der Waals surface area contributed by atoms with E-state index in [9.17, 15) is 14.9 Å². The monoisotopic (exact) mass is 362 g/mol. The number of amides is 1. The van der Waals surface area contributed by atoms with E-state index in [1.165, 1.54) is 12.1 Å². The molecule has 2 N–H and O–H groups in total. The van der Waals surface area contributed by atoms with Gasteiger partial charge in [0.25, 0.3) is 0 Å². The van der Waals surface area contributed by atoms with Crippen LogP contribution in [-0.4, -0.2) is 32.4 Å². The van der Waals surface area contributed by atoms with Gasteiger partial charge in [-0.1, -0.05) is 12.1 Å². The van der Waals surface area contributed by atoms with Gasteiger partial charge in [0.05, 0.1) is 11.4 Å². The largest absolute Gasteiger partial charge is 0.485 e. The number of Topliss-reactive ketones (excluding diaryl/α,β-unsaturated/α-hetero) is 1. The van der Waals surface area contributed by atoms with Gasteiger partial charge in [-0.3, -0.25) is 9.59 Å². The Labute approximate surface area is 156 Å². The van der Waals surface area contributed by atoms with Crippen LogP contribution in [0.5, 0.6) is 5.75 Å². The molecule has 0 aliphatic carbocycles. The number of carbonyl (C=O) groups is 2. The molecule has 7 nitrogen and oxygen atoms in total. The summed E-state index contributed by atoms with van der Waals surface area (Å²) in [5.74, 6) is -0.0533. The fraction of sp³-hybridized carbons (Fsp3) is 0.150. The van der Waals surface area contributed by atoms with Crippen LogP contribution in [0.2, 0.25) is 0 Å². The van der Waals surface area contributed by atoms with Crippen molar-refractivity contribution in [2.24, 2.45) is 5.73 Å². The maximum atomic E-state index is 12.6. The summed E-state index contributed by atoms with van der Waals surface area (Å²) in [5, 5.41) is 9.58. The molecule has 3 rings (SSSR count). The Bertz CT molecular complexity index is 942. The van der Waals surface area contributed by atoms with Gasteiger partial charge >= 0.3 is 0 Å². The molecule has 7 heteroatoms. The number of anilines is 2. The van der Waals surface area contributed by atoms with E-state index in [0.717, 1.165) is 11.4 Å². The van der Waals surface area contributed by atoms with Crippen molar-refractivity contribution < 1.29 is 14.3 Å². The number of hydrogen-bond donors (Lipinski definition) is 1. The first kappa shape index (κ1) is 18.0. The molecule has 2 aromatic carbocycles. The van der Waals surface area contributed by atoms with E-state index in [1.54, 1.807) is 12.1 Å². The standard InChI is InChI=1S/C20H18N4O3/c1-23-16-5-3-4-6-17(16)24(2)20(23)15(11-21)18(25)12-27-14-9-7-13(8-10-14)19(22)26/h3-10H,12H2,1-2H3,(H2,22,26). The molecule has 0 saturated carbocycles. The number of para-hydroxylation sites is 2. The summed E-state index contributed by atoms with van der Waals surface area (Å²) in [5.41, 5.74) is 7.39. The summed E-state index contributed by atoms with van der Waals surface area (Å²) in [4.78, 5) is 27.3. The second-order valence-corrected chi connectivity index (χ2v) is 6.02. The topological polar surface area (TPSA) is 99.7 Å². The lowest BCUT2D eigenvalue weighted by molar-refractivity contribution is -0.117. The van der Waals surface area contributed by atoms with E-state index >= 15 is 0 Å². The summed E-state index contributed by atoms with van der Waals surface area (Å²) in [6, 6.07) is 15.8. The molecule has 1 amide bonds. The third-order valence-electron chi connectivity index (χ3n) is 4.36. The maximum Gasteiger partial charge on any atom is 0.248 e. The van der Waals surface area contributed by atoms with Gasteiger partial charge < -0.3 is 20.3 Å². The first-order valence-electron chi connectivity index (χ1n) is 8.20. The van der Waals surface area contributed by atoms with Crippen LogP contribution in [0.1, 0.15) is 10.4 Å². The summed E-state index contributed by atoms with van der Waals surface area (Å²) < 4.78 is 5.47. The molecule has 136 valence electrons. The third-order valence-corrected chi connectivity index (χ3v) is 4.36. The third kappa shape index (κ3) is 3.33. The fourth-order valence-corrected chi connectivity index (χ4v) is 2.99. The molecule has 1 heterocycles. The number of primary amides is 1. The molecule has 0 fully saturated rings. The number of hydrogen-bond acceptors (Lipinski definition) is 6. The van der Waals surface area contributed by atoms with Crippen molar-refractivity contribution in [2.45, 2.75) is 0 Å². The van der Waals surface area contributed by atoms with Gasteiger partial charge in [0.2, 0.25) is 11.7 Å². The zero-order valence-corrected chi connectivity index (χ0v) is 15.0. The highest BCUT2D eigenvalue weighted by atomic mass is 16.5.